The summed E-state index contributed by atoms with van der Waals surface area (Å²) < 4.78 is 73.2. The van der Waals surface area contributed by atoms with Gasteiger partial charge in [0.25, 0.3) is 0 Å². The van der Waals surface area contributed by atoms with Gasteiger partial charge >= 0.3 is 0 Å². The number of fused-ring (bicyclic) bond motifs is 1. The third kappa shape index (κ3) is 4.67. The molecular weight excluding hydrogens is 467 g/mol. The average Bonchev–Trinajstić information content (AvgIpc) is 2.81. The predicted molar refractivity (Wildman–Crippen MR) is 127 cm³/mol. The van der Waals surface area contributed by atoms with Crippen molar-refractivity contribution >= 4 is 22.4 Å². The highest BCUT2D eigenvalue weighted by atomic mass is 35.5. The fourth-order valence-electron chi connectivity index (χ4n) is 4.18. The van der Waals surface area contributed by atoms with Crippen LogP contribution in [0.2, 0.25) is 5.02 Å². The summed E-state index contributed by atoms with van der Waals surface area (Å²) in [6.45, 7) is 2.15. The quantitative estimate of drug-likeness (QED) is 0.138. The van der Waals surface area contributed by atoms with Crippen LogP contribution < -0.4 is 0 Å². The van der Waals surface area contributed by atoms with Gasteiger partial charge in [-0.1, -0.05) is 68.1 Å². The molecule has 0 saturated heterocycles. The summed E-state index contributed by atoms with van der Waals surface area (Å²) in [5, 5.41) is 0.539. The van der Waals surface area contributed by atoms with Gasteiger partial charge in [-0.25, -0.2) is 22.0 Å². The van der Waals surface area contributed by atoms with Crippen molar-refractivity contribution in [2.45, 2.75) is 39.0 Å². The zero-order valence-electron chi connectivity index (χ0n) is 18.5. The van der Waals surface area contributed by atoms with Crippen LogP contribution in [-0.2, 0) is 6.42 Å². The summed E-state index contributed by atoms with van der Waals surface area (Å²) >= 11 is 5.53. The molecule has 0 aliphatic heterocycles. The van der Waals surface area contributed by atoms with Crippen molar-refractivity contribution in [3.05, 3.63) is 94.3 Å². The van der Waals surface area contributed by atoms with Crippen LogP contribution in [0.1, 0.15) is 38.2 Å². The van der Waals surface area contributed by atoms with Gasteiger partial charge < -0.3 is 0 Å². The van der Waals surface area contributed by atoms with Gasteiger partial charge in [-0.2, -0.15) is 0 Å². The standard InChI is InChI=1S/C28H22ClF5/c1-2-3-4-5-6-16-7-9-19-17(13-16)8-10-20(26(19)32)18-14-23(30)25(24(31)15-18)21-11-12-22(29)28(34)27(21)33/h7-15H,2-6H2,1H3. The Hall–Kier alpha value is -2.92. The first-order valence-electron chi connectivity index (χ1n) is 11.2. The van der Waals surface area contributed by atoms with Crippen LogP contribution in [0.4, 0.5) is 22.0 Å². The minimum absolute atomic E-state index is 0.00954. The van der Waals surface area contributed by atoms with Crippen molar-refractivity contribution in [3.8, 4) is 22.3 Å². The summed E-state index contributed by atoms with van der Waals surface area (Å²) in [7, 11) is 0. The van der Waals surface area contributed by atoms with E-state index in [0.717, 1.165) is 55.5 Å². The second-order valence-corrected chi connectivity index (χ2v) is 8.74. The van der Waals surface area contributed by atoms with Gasteiger partial charge in [-0.15, -0.1) is 0 Å². The molecule has 0 N–H and O–H groups in total. The molecule has 0 heterocycles. The lowest BCUT2D eigenvalue weighted by molar-refractivity contribution is 0.509. The molecule has 0 radical (unpaired) electrons. The van der Waals surface area contributed by atoms with Gasteiger partial charge in [0.05, 0.1) is 10.6 Å². The second-order valence-electron chi connectivity index (χ2n) is 8.33. The van der Waals surface area contributed by atoms with E-state index in [1.807, 2.05) is 12.1 Å². The third-order valence-corrected chi connectivity index (χ3v) is 6.29. The third-order valence-electron chi connectivity index (χ3n) is 6.00. The smallest absolute Gasteiger partial charge is 0.178 e. The highest BCUT2D eigenvalue weighted by Crippen LogP contribution is 2.36. The van der Waals surface area contributed by atoms with E-state index in [2.05, 4.69) is 6.92 Å². The topological polar surface area (TPSA) is 0 Å². The van der Waals surface area contributed by atoms with E-state index in [9.17, 15) is 17.6 Å². The Morgan fingerprint density at radius 2 is 1.38 bits per heavy atom. The SMILES string of the molecule is CCCCCCc1ccc2c(F)c(-c3cc(F)c(-c4ccc(Cl)c(F)c4F)c(F)c3)ccc2c1. The fourth-order valence-corrected chi connectivity index (χ4v) is 4.33. The normalized spacial score (nSPS) is 11.4. The molecule has 0 aliphatic carbocycles. The second kappa shape index (κ2) is 10.1. The van der Waals surface area contributed by atoms with Crippen LogP contribution in [0.5, 0.6) is 0 Å². The van der Waals surface area contributed by atoms with E-state index in [1.54, 1.807) is 12.1 Å². The maximum absolute atomic E-state index is 15.3. The molecular formula is C28H22ClF5. The number of halogens is 6. The molecule has 34 heavy (non-hydrogen) atoms. The first-order valence-corrected chi connectivity index (χ1v) is 11.5. The molecule has 176 valence electrons. The Labute approximate surface area is 200 Å². The van der Waals surface area contributed by atoms with Gasteiger partial charge in [0, 0.05) is 16.5 Å². The van der Waals surface area contributed by atoms with Crippen LogP contribution in [0.15, 0.2) is 54.6 Å². The lowest BCUT2D eigenvalue weighted by Crippen LogP contribution is -1.98. The van der Waals surface area contributed by atoms with Crippen LogP contribution in [0, 0.1) is 29.1 Å². The van der Waals surface area contributed by atoms with Crippen LogP contribution >= 0.6 is 11.6 Å². The van der Waals surface area contributed by atoms with Gasteiger partial charge in [-0.3, -0.25) is 0 Å². The molecule has 0 aromatic heterocycles. The maximum Gasteiger partial charge on any atom is 0.178 e. The van der Waals surface area contributed by atoms with Gasteiger partial charge in [0.2, 0.25) is 0 Å². The fraction of sp³-hybridized carbons (Fsp3) is 0.214. The first-order chi connectivity index (χ1) is 16.3. The number of hydrogen-bond acceptors (Lipinski definition) is 0. The molecule has 0 aliphatic rings. The Bertz CT molecular complexity index is 1340. The zero-order chi connectivity index (χ0) is 24.4. The molecule has 0 amide bonds. The van der Waals surface area contributed by atoms with Crippen molar-refractivity contribution in [1.82, 2.24) is 0 Å². The minimum atomic E-state index is -1.46. The molecule has 0 unspecified atom stereocenters. The minimum Gasteiger partial charge on any atom is -0.206 e. The molecule has 0 fully saturated rings. The average molecular weight is 489 g/mol. The zero-order valence-corrected chi connectivity index (χ0v) is 19.3. The molecule has 0 nitrogen and oxygen atoms in total. The summed E-state index contributed by atoms with van der Waals surface area (Å²) in [5.74, 6) is -5.74. The monoisotopic (exact) mass is 488 g/mol. The maximum atomic E-state index is 15.3. The lowest BCUT2D eigenvalue weighted by Gasteiger charge is -2.12. The number of aryl methyl sites for hydroxylation is 1. The Balaban J connectivity index is 1.70. The predicted octanol–water partition coefficient (Wildman–Crippen LogP) is 9.65. The van der Waals surface area contributed by atoms with Gasteiger partial charge in [0.1, 0.15) is 17.5 Å². The van der Waals surface area contributed by atoms with Crippen molar-refractivity contribution in [2.75, 3.05) is 0 Å². The first kappa shape index (κ1) is 24.2. The number of rotatable bonds is 7. The molecule has 4 rings (SSSR count). The summed E-state index contributed by atoms with van der Waals surface area (Å²) in [5.41, 5.74) is -0.277. The van der Waals surface area contributed by atoms with Crippen LogP contribution in [0.25, 0.3) is 33.0 Å². The van der Waals surface area contributed by atoms with Gasteiger partial charge in [-0.05, 0) is 53.6 Å². The van der Waals surface area contributed by atoms with E-state index in [4.69, 9.17) is 11.6 Å². The molecule has 0 saturated carbocycles. The van der Waals surface area contributed by atoms with Crippen molar-refractivity contribution in [1.29, 1.82) is 0 Å². The van der Waals surface area contributed by atoms with Crippen molar-refractivity contribution < 1.29 is 22.0 Å². The highest BCUT2D eigenvalue weighted by molar-refractivity contribution is 6.30. The number of hydrogen-bond donors (Lipinski definition) is 0. The van der Waals surface area contributed by atoms with E-state index >= 15 is 4.39 Å². The van der Waals surface area contributed by atoms with E-state index in [-0.39, 0.29) is 11.1 Å². The number of benzene rings is 4. The molecule has 0 bridgehead atoms. The molecule has 0 atom stereocenters. The largest absolute Gasteiger partial charge is 0.206 e. The van der Waals surface area contributed by atoms with E-state index in [1.165, 1.54) is 12.5 Å². The van der Waals surface area contributed by atoms with Crippen LogP contribution in [-0.4, -0.2) is 0 Å². The van der Waals surface area contributed by atoms with E-state index < -0.39 is 45.2 Å². The molecule has 0 spiro atoms. The summed E-state index contributed by atoms with van der Waals surface area (Å²) in [6, 6.07) is 12.5. The number of unbranched alkanes of at least 4 members (excludes halogenated alkanes) is 3. The molecule has 4 aromatic carbocycles. The Morgan fingerprint density at radius 3 is 2.09 bits per heavy atom. The lowest BCUT2D eigenvalue weighted by atomic mass is 9.95. The summed E-state index contributed by atoms with van der Waals surface area (Å²) in [6.07, 6.45) is 5.43. The Morgan fingerprint density at radius 1 is 0.676 bits per heavy atom. The van der Waals surface area contributed by atoms with E-state index in [0.29, 0.717) is 10.8 Å². The highest BCUT2D eigenvalue weighted by Gasteiger charge is 2.22. The molecule has 6 heteroatoms. The Kier molecular flexibility index (Phi) is 7.22. The van der Waals surface area contributed by atoms with Gasteiger partial charge in [0.15, 0.2) is 11.6 Å². The van der Waals surface area contributed by atoms with Crippen LogP contribution in [0.3, 0.4) is 0 Å². The summed E-state index contributed by atoms with van der Waals surface area (Å²) in [4.78, 5) is 0. The molecule has 4 aromatic rings. The van der Waals surface area contributed by atoms with Crippen molar-refractivity contribution in [3.63, 3.8) is 0 Å². The van der Waals surface area contributed by atoms with Crippen molar-refractivity contribution in [2.24, 2.45) is 0 Å².